The van der Waals surface area contributed by atoms with E-state index in [9.17, 15) is 4.79 Å². The summed E-state index contributed by atoms with van der Waals surface area (Å²) in [6.45, 7) is 0. The highest BCUT2D eigenvalue weighted by Gasteiger charge is 2.25. The largest absolute Gasteiger partial charge is 0.450 e. The van der Waals surface area contributed by atoms with E-state index in [0.717, 1.165) is 18.2 Å². The van der Waals surface area contributed by atoms with E-state index in [2.05, 4.69) is 0 Å². The van der Waals surface area contributed by atoms with Crippen molar-refractivity contribution in [2.24, 2.45) is 0 Å². The third-order valence-corrected chi connectivity index (χ3v) is 5.22. The van der Waals surface area contributed by atoms with Gasteiger partial charge in [-0.2, -0.15) is 0 Å². The summed E-state index contributed by atoms with van der Waals surface area (Å²) < 4.78 is 5.80. The van der Waals surface area contributed by atoms with Crippen molar-refractivity contribution in [2.45, 2.75) is 25.7 Å². The average molecular weight is 360 g/mol. The fourth-order valence-corrected chi connectivity index (χ4v) is 3.91. The molecule has 122 valence electrons. The molecule has 3 nitrogen and oxygen atoms in total. The number of benzene rings is 2. The van der Waals surface area contributed by atoms with E-state index in [1.54, 1.807) is 18.2 Å². The second kappa shape index (κ2) is 5.83. The van der Waals surface area contributed by atoms with Crippen LogP contribution in [0.4, 0.5) is 5.69 Å². The molecule has 1 aliphatic carbocycles. The van der Waals surface area contributed by atoms with Crippen molar-refractivity contribution in [3.63, 3.8) is 0 Å². The van der Waals surface area contributed by atoms with Crippen molar-refractivity contribution in [1.82, 2.24) is 0 Å². The van der Waals surface area contributed by atoms with Crippen LogP contribution in [0.1, 0.15) is 40.1 Å². The predicted octanol–water partition coefficient (Wildman–Crippen LogP) is 5.43. The Hall–Kier alpha value is -1.97. The van der Waals surface area contributed by atoms with Gasteiger partial charge in [-0.1, -0.05) is 29.3 Å². The van der Waals surface area contributed by atoms with Crippen LogP contribution >= 0.6 is 23.2 Å². The lowest BCUT2D eigenvalue weighted by Gasteiger charge is -2.14. The number of furan rings is 1. The van der Waals surface area contributed by atoms with Crippen molar-refractivity contribution >= 4 is 45.6 Å². The number of nitrogen functional groups attached to an aromatic ring is 1. The molecule has 0 fully saturated rings. The first-order valence-electron chi connectivity index (χ1n) is 7.88. The Balaban J connectivity index is 1.88. The number of aryl methyl sites for hydroxylation is 2. The quantitative estimate of drug-likeness (QED) is 0.620. The van der Waals surface area contributed by atoms with Crippen molar-refractivity contribution in [2.75, 3.05) is 5.73 Å². The summed E-state index contributed by atoms with van der Waals surface area (Å²) in [6.07, 6.45) is 4.42. The lowest BCUT2D eigenvalue weighted by atomic mass is 9.90. The molecule has 4 rings (SSSR count). The summed E-state index contributed by atoms with van der Waals surface area (Å²) in [7, 11) is 0. The van der Waals surface area contributed by atoms with Gasteiger partial charge in [0.25, 0.3) is 0 Å². The molecule has 24 heavy (non-hydrogen) atoms. The molecule has 1 aliphatic rings. The summed E-state index contributed by atoms with van der Waals surface area (Å²) in [5, 5.41) is 1.35. The smallest absolute Gasteiger partial charge is 0.233 e. The average Bonchev–Trinajstić information content (AvgIpc) is 2.89. The second-order valence-electron chi connectivity index (χ2n) is 6.09. The summed E-state index contributed by atoms with van der Waals surface area (Å²) in [4.78, 5) is 12.9. The normalized spacial score (nSPS) is 13.9. The molecule has 3 aromatic rings. The van der Waals surface area contributed by atoms with Gasteiger partial charge in [0.15, 0.2) is 5.76 Å². The molecule has 0 atom stereocenters. The Bertz CT molecular complexity index is 955. The van der Waals surface area contributed by atoms with Crippen LogP contribution in [-0.2, 0) is 12.8 Å². The first-order chi connectivity index (χ1) is 11.6. The van der Waals surface area contributed by atoms with Gasteiger partial charge in [-0.05, 0) is 61.1 Å². The van der Waals surface area contributed by atoms with Gasteiger partial charge in [-0.15, -0.1) is 0 Å². The number of nitrogens with two attached hydrogens (primary N) is 1. The molecule has 2 N–H and O–H groups in total. The zero-order valence-electron chi connectivity index (χ0n) is 12.9. The molecule has 0 radical (unpaired) electrons. The summed E-state index contributed by atoms with van der Waals surface area (Å²) >= 11 is 12.3. The van der Waals surface area contributed by atoms with Crippen LogP contribution in [0, 0.1) is 0 Å². The van der Waals surface area contributed by atoms with Crippen LogP contribution in [0.5, 0.6) is 0 Å². The van der Waals surface area contributed by atoms with Crippen LogP contribution < -0.4 is 5.73 Å². The molecule has 0 bridgehead atoms. The molecule has 0 aliphatic heterocycles. The van der Waals surface area contributed by atoms with Gasteiger partial charge >= 0.3 is 0 Å². The zero-order chi connectivity index (χ0) is 16.8. The van der Waals surface area contributed by atoms with E-state index in [1.807, 2.05) is 12.1 Å². The van der Waals surface area contributed by atoms with Crippen LogP contribution in [0.3, 0.4) is 0 Å². The fraction of sp³-hybridized carbons (Fsp3) is 0.211. The Morgan fingerprint density at radius 1 is 1.04 bits per heavy atom. The van der Waals surface area contributed by atoms with Gasteiger partial charge in [0.2, 0.25) is 5.78 Å². The molecule has 0 unspecified atom stereocenters. The minimum Gasteiger partial charge on any atom is -0.450 e. The second-order valence-corrected chi connectivity index (χ2v) is 6.91. The number of ketones is 1. The van der Waals surface area contributed by atoms with E-state index in [1.165, 1.54) is 24.0 Å². The minimum atomic E-state index is -0.391. The first kappa shape index (κ1) is 15.6. The number of rotatable bonds is 2. The van der Waals surface area contributed by atoms with Crippen LogP contribution in [0.2, 0.25) is 10.0 Å². The molecular formula is C19H15Cl2NO2. The molecule has 0 spiro atoms. The number of fused-ring (bicyclic) bond motifs is 2. The Kier molecular flexibility index (Phi) is 3.78. The molecule has 2 aromatic carbocycles. The fourth-order valence-electron chi connectivity index (χ4n) is 3.34. The number of anilines is 1. The summed E-state index contributed by atoms with van der Waals surface area (Å²) in [5.41, 5.74) is 9.98. The first-order valence-corrected chi connectivity index (χ1v) is 8.64. The summed E-state index contributed by atoms with van der Waals surface area (Å²) in [6, 6.07) is 8.99. The maximum Gasteiger partial charge on any atom is 0.233 e. The molecule has 0 saturated heterocycles. The van der Waals surface area contributed by atoms with E-state index in [0.29, 0.717) is 11.3 Å². The van der Waals surface area contributed by atoms with Crippen molar-refractivity contribution < 1.29 is 9.21 Å². The van der Waals surface area contributed by atoms with Gasteiger partial charge in [-0.25, -0.2) is 0 Å². The van der Waals surface area contributed by atoms with Crippen molar-refractivity contribution in [3.8, 4) is 0 Å². The van der Waals surface area contributed by atoms with Gasteiger partial charge < -0.3 is 10.2 Å². The van der Waals surface area contributed by atoms with Gasteiger partial charge in [0.1, 0.15) is 5.58 Å². The lowest BCUT2D eigenvalue weighted by Crippen LogP contribution is -2.05. The van der Waals surface area contributed by atoms with Gasteiger partial charge in [0, 0.05) is 5.39 Å². The SMILES string of the molecule is Nc1c(C(=O)c2c(Cl)cccc2Cl)oc2cc3c(cc12)CCCC3. The summed E-state index contributed by atoms with van der Waals surface area (Å²) in [5.74, 6) is -0.292. The van der Waals surface area contributed by atoms with E-state index in [4.69, 9.17) is 33.4 Å². The lowest BCUT2D eigenvalue weighted by molar-refractivity contribution is 0.101. The van der Waals surface area contributed by atoms with E-state index < -0.39 is 5.78 Å². The number of carbonyl (C=O) groups excluding carboxylic acids is 1. The highest BCUT2D eigenvalue weighted by molar-refractivity contribution is 6.41. The number of carbonyl (C=O) groups is 1. The number of halogens is 2. The van der Waals surface area contributed by atoms with E-state index in [-0.39, 0.29) is 21.4 Å². The Morgan fingerprint density at radius 3 is 2.33 bits per heavy atom. The highest BCUT2D eigenvalue weighted by Crippen LogP contribution is 2.36. The maximum absolute atomic E-state index is 12.9. The third kappa shape index (κ3) is 2.40. The molecular weight excluding hydrogens is 345 g/mol. The Morgan fingerprint density at radius 2 is 1.67 bits per heavy atom. The van der Waals surface area contributed by atoms with Gasteiger partial charge in [-0.3, -0.25) is 4.79 Å². The molecule has 0 saturated carbocycles. The molecule has 1 aromatic heterocycles. The molecule has 5 heteroatoms. The van der Waals surface area contributed by atoms with Gasteiger partial charge in [0.05, 0.1) is 21.3 Å². The highest BCUT2D eigenvalue weighted by atomic mass is 35.5. The van der Waals surface area contributed by atoms with Crippen LogP contribution in [0.25, 0.3) is 11.0 Å². The topological polar surface area (TPSA) is 56.2 Å². The Labute approximate surface area is 149 Å². The zero-order valence-corrected chi connectivity index (χ0v) is 14.4. The number of hydrogen-bond donors (Lipinski definition) is 1. The maximum atomic E-state index is 12.9. The molecule has 0 amide bonds. The van der Waals surface area contributed by atoms with Crippen LogP contribution in [-0.4, -0.2) is 5.78 Å². The third-order valence-electron chi connectivity index (χ3n) is 4.59. The standard InChI is InChI=1S/C19H15Cl2NO2/c20-13-6-3-7-14(21)16(13)18(23)19-17(22)12-8-10-4-1-2-5-11(10)9-15(12)24-19/h3,6-9H,1-2,4-5,22H2. The van der Waals surface area contributed by atoms with Crippen molar-refractivity contribution in [3.05, 3.63) is 62.8 Å². The monoisotopic (exact) mass is 359 g/mol. The van der Waals surface area contributed by atoms with Crippen molar-refractivity contribution in [1.29, 1.82) is 0 Å². The van der Waals surface area contributed by atoms with Crippen LogP contribution in [0.15, 0.2) is 34.7 Å². The number of hydrogen-bond acceptors (Lipinski definition) is 3. The minimum absolute atomic E-state index is 0.0994. The molecule has 1 heterocycles. The predicted molar refractivity (Wildman–Crippen MR) is 97.2 cm³/mol. The van der Waals surface area contributed by atoms with E-state index >= 15 is 0 Å².